The van der Waals surface area contributed by atoms with E-state index in [1.165, 1.54) is 5.56 Å². The van der Waals surface area contributed by atoms with Gasteiger partial charge in [-0.2, -0.15) is 0 Å². The summed E-state index contributed by atoms with van der Waals surface area (Å²) in [6, 6.07) is 14.1. The van der Waals surface area contributed by atoms with Crippen LogP contribution in [0.15, 0.2) is 53.9 Å². The number of nitrogens with zero attached hydrogens (tertiary/aromatic N) is 2. The Labute approximate surface area is 164 Å². The van der Waals surface area contributed by atoms with Gasteiger partial charge in [-0.15, -0.1) is 11.3 Å². The van der Waals surface area contributed by atoms with E-state index in [4.69, 9.17) is 0 Å². The van der Waals surface area contributed by atoms with Gasteiger partial charge in [-0.1, -0.05) is 48.6 Å². The highest BCUT2D eigenvalue weighted by atomic mass is 32.1. The van der Waals surface area contributed by atoms with E-state index in [9.17, 15) is 9.59 Å². The van der Waals surface area contributed by atoms with Gasteiger partial charge >= 0.3 is 0 Å². The van der Waals surface area contributed by atoms with Crippen molar-refractivity contribution in [3.05, 3.63) is 64.4 Å². The smallest absolute Gasteiger partial charge is 0.242 e. The molecule has 1 aromatic heterocycles. The van der Waals surface area contributed by atoms with Gasteiger partial charge in [0.15, 0.2) is 0 Å². The molecule has 0 unspecified atom stereocenters. The first-order valence-electron chi connectivity index (χ1n) is 9.21. The number of thiophene rings is 1. The van der Waals surface area contributed by atoms with Gasteiger partial charge in [0, 0.05) is 37.6 Å². The maximum atomic E-state index is 12.3. The van der Waals surface area contributed by atoms with Crippen molar-refractivity contribution < 1.29 is 9.59 Å². The van der Waals surface area contributed by atoms with Crippen LogP contribution in [0.1, 0.15) is 10.4 Å². The third-order valence-corrected chi connectivity index (χ3v) is 5.43. The third kappa shape index (κ3) is 6.34. The fourth-order valence-electron chi connectivity index (χ4n) is 3.00. The lowest BCUT2D eigenvalue weighted by molar-refractivity contribution is -0.134. The highest BCUT2D eigenvalue weighted by Gasteiger charge is 2.20. The highest BCUT2D eigenvalue weighted by Crippen LogP contribution is 2.09. The molecular weight excluding hydrogens is 358 g/mol. The van der Waals surface area contributed by atoms with Crippen LogP contribution < -0.4 is 5.32 Å². The van der Waals surface area contributed by atoms with Crippen molar-refractivity contribution in [2.24, 2.45) is 0 Å². The summed E-state index contributed by atoms with van der Waals surface area (Å²) in [6.45, 7) is 4.09. The molecule has 142 valence electrons. The van der Waals surface area contributed by atoms with Crippen LogP contribution in [0, 0.1) is 0 Å². The van der Waals surface area contributed by atoms with Crippen molar-refractivity contribution in [1.82, 2.24) is 15.1 Å². The number of amides is 2. The lowest BCUT2D eigenvalue weighted by atomic mass is 10.2. The van der Waals surface area contributed by atoms with Crippen LogP contribution in [-0.4, -0.2) is 60.9 Å². The SMILES string of the molecule is O=C(Cc1cccs1)NCC(=O)N1CCN(C/C=C/c2ccccc2)CC1. The lowest BCUT2D eigenvalue weighted by Crippen LogP contribution is -2.51. The molecule has 1 fully saturated rings. The molecule has 1 aromatic carbocycles. The van der Waals surface area contributed by atoms with Crippen LogP contribution >= 0.6 is 11.3 Å². The fraction of sp³-hybridized carbons (Fsp3) is 0.333. The minimum Gasteiger partial charge on any atom is -0.347 e. The van der Waals surface area contributed by atoms with Gasteiger partial charge in [-0.25, -0.2) is 0 Å². The maximum Gasteiger partial charge on any atom is 0.242 e. The standard InChI is InChI=1S/C21H25N3O2S/c25-20(16-19-9-5-15-27-19)22-17-21(26)24-13-11-23(12-14-24)10-4-8-18-6-2-1-3-7-18/h1-9,15H,10-14,16-17H2,(H,22,25)/b8-4+. The molecule has 0 saturated carbocycles. The third-order valence-electron chi connectivity index (χ3n) is 4.55. The molecule has 2 heterocycles. The van der Waals surface area contributed by atoms with Crippen LogP contribution in [0.2, 0.25) is 0 Å². The maximum absolute atomic E-state index is 12.3. The Balaban J connectivity index is 1.34. The zero-order chi connectivity index (χ0) is 18.9. The second-order valence-electron chi connectivity index (χ2n) is 6.53. The fourth-order valence-corrected chi connectivity index (χ4v) is 3.71. The average Bonchev–Trinajstić information content (AvgIpc) is 3.20. The second-order valence-corrected chi connectivity index (χ2v) is 7.56. The summed E-state index contributed by atoms with van der Waals surface area (Å²) in [5.41, 5.74) is 1.20. The van der Waals surface area contributed by atoms with Gasteiger partial charge in [0.1, 0.15) is 0 Å². The van der Waals surface area contributed by atoms with Crippen LogP contribution in [0.4, 0.5) is 0 Å². The van der Waals surface area contributed by atoms with E-state index in [2.05, 4.69) is 34.5 Å². The number of benzene rings is 1. The van der Waals surface area contributed by atoms with E-state index in [0.29, 0.717) is 19.5 Å². The van der Waals surface area contributed by atoms with Gasteiger partial charge in [0.25, 0.3) is 0 Å². The highest BCUT2D eigenvalue weighted by molar-refractivity contribution is 7.10. The topological polar surface area (TPSA) is 52.7 Å². The molecule has 1 aliphatic heterocycles. The number of piperazine rings is 1. The Morgan fingerprint density at radius 3 is 2.52 bits per heavy atom. The zero-order valence-corrected chi connectivity index (χ0v) is 16.2. The van der Waals surface area contributed by atoms with Gasteiger partial charge in [-0.05, 0) is 17.0 Å². The number of carbonyl (C=O) groups is 2. The zero-order valence-electron chi connectivity index (χ0n) is 15.3. The first-order valence-corrected chi connectivity index (χ1v) is 10.1. The molecule has 27 heavy (non-hydrogen) atoms. The van der Waals surface area contributed by atoms with Crippen LogP contribution in [-0.2, 0) is 16.0 Å². The van der Waals surface area contributed by atoms with Crippen molar-refractivity contribution in [2.45, 2.75) is 6.42 Å². The minimum atomic E-state index is -0.101. The molecule has 1 saturated heterocycles. The first-order chi connectivity index (χ1) is 13.2. The number of nitrogens with one attached hydrogen (secondary N) is 1. The minimum absolute atomic E-state index is 0.00555. The van der Waals surface area contributed by atoms with Gasteiger partial charge < -0.3 is 10.2 Å². The molecule has 0 radical (unpaired) electrons. The predicted octanol–water partition coefficient (Wildman–Crippen LogP) is 2.26. The molecule has 5 nitrogen and oxygen atoms in total. The molecular formula is C21H25N3O2S. The average molecular weight is 384 g/mol. The largest absolute Gasteiger partial charge is 0.347 e. The quantitative estimate of drug-likeness (QED) is 0.798. The van der Waals surface area contributed by atoms with E-state index in [1.807, 2.05) is 40.6 Å². The van der Waals surface area contributed by atoms with Crippen molar-refractivity contribution in [1.29, 1.82) is 0 Å². The molecule has 1 N–H and O–H groups in total. The van der Waals surface area contributed by atoms with E-state index in [-0.39, 0.29) is 18.4 Å². The summed E-state index contributed by atoms with van der Waals surface area (Å²) in [7, 11) is 0. The van der Waals surface area contributed by atoms with Crippen LogP contribution in [0.5, 0.6) is 0 Å². The monoisotopic (exact) mass is 383 g/mol. The van der Waals surface area contributed by atoms with Crippen molar-refractivity contribution in [3.63, 3.8) is 0 Å². The molecule has 0 spiro atoms. The normalized spacial score (nSPS) is 15.2. The number of hydrogen-bond donors (Lipinski definition) is 1. The molecule has 1 aliphatic rings. The van der Waals surface area contributed by atoms with E-state index in [0.717, 1.165) is 24.5 Å². The van der Waals surface area contributed by atoms with Crippen LogP contribution in [0.25, 0.3) is 6.08 Å². The Hall–Kier alpha value is -2.44. The van der Waals surface area contributed by atoms with E-state index >= 15 is 0 Å². The summed E-state index contributed by atoms with van der Waals surface area (Å²) >= 11 is 1.55. The van der Waals surface area contributed by atoms with Crippen molar-refractivity contribution in [3.8, 4) is 0 Å². The molecule has 3 rings (SSSR count). The Morgan fingerprint density at radius 2 is 1.81 bits per heavy atom. The molecule has 6 heteroatoms. The van der Waals surface area contributed by atoms with Gasteiger partial charge in [0.05, 0.1) is 13.0 Å². The van der Waals surface area contributed by atoms with E-state index < -0.39 is 0 Å². The summed E-state index contributed by atoms with van der Waals surface area (Å²) in [4.78, 5) is 29.4. The van der Waals surface area contributed by atoms with Gasteiger partial charge in [-0.3, -0.25) is 14.5 Å². The lowest BCUT2D eigenvalue weighted by Gasteiger charge is -2.34. The summed E-state index contributed by atoms with van der Waals surface area (Å²) in [6.07, 6.45) is 4.63. The van der Waals surface area contributed by atoms with Gasteiger partial charge in [0.2, 0.25) is 11.8 Å². The molecule has 0 aliphatic carbocycles. The van der Waals surface area contributed by atoms with E-state index in [1.54, 1.807) is 11.3 Å². The van der Waals surface area contributed by atoms with Crippen LogP contribution in [0.3, 0.4) is 0 Å². The Bertz CT molecular complexity index is 751. The predicted molar refractivity (Wildman–Crippen MR) is 110 cm³/mol. The Kier molecular flexibility index (Phi) is 7.19. The second kappa shape index (κ2) is 10.0. The first kappa shape index (κ1) is 19.3. The summed E-state index contributed by atoms with van der Waals surface area (Å²) in [5.74, 6) is -0.107. The molecule has 0 atom stereocenters. The van der Waals surface area contributed by atoms with Crippen molar-refractivity contribution >= 4 is 29.2 Å². The molecule has 2 aromatic rings. The number of rotatable bonds is 7. The molecule has 0 bridgehead atoms. The number of carbonyl (C=O) groups excluding carboxylic acids is 2. The summed E-state index contributed by atoms with van der Waals surface area (Å²) in [5, 5.41) is 4.68. The molecule has 2 amide bonds. The number of hydrogen-bond acceptors (Lipinski definition) is 4. The Morgan fingerprint density at radius 1 is 1.04 bits per heavy atom. The summed E-state index contributed by atoms with van der Waals surface area (Å²) < 4.78 is 0. The van der Waals surface area contributed by atoms with Crippen molar-refractivity contribution in [2.75, 3.05) is 39.3 Å².